The summed E-state index contributed by atoms with van der Waals surface area (Å²) in [6.07, 6.45) is 12.7. The van der Waals surface area contributed by atoms with Crippen LogP contribution in [-0.4, -0.2) is 17.4 Å². The Morgan fingerprint density at radius 3 is 2.57 bits per heavy atom. The first kappa shape index (κ1) is 25.2. The van der Waals surface area contributed by atoms with Crippen molar-refractivity contribution < 1.29 is 4.79 Å². The molecule has 5 rings (SSSR count). The third kappa shape index (κ3) is 6.46. The molecule has 0 aliphatic heterocycles. The van der Waals surface area contributed by atoms with Gasteiger partial charge in [-0.15, -0.1) is 0 Å². The van der Waals surface area contributed by atoms with Crippen LogP contribution in [0.2, 0.25) is 0 Å². The van der Waals surface area contributed by atoms with Crippen molar-refractivity contribution in [1.82, 2.24) is 10.3 Å². The number of hydrogen-bond donors (Lipinski definition) is 1. The number of hydrogen-bond acceptors (Lipinski definition) is 2. The van der Waals surface area contributed by atoms with E-state index in [4.69, 9.17) is 0 Å². The van der Waals surface area contributed by atoms with Crippen LogP contribution in [0.3, 0.4) is 0 Å². The number of nitrogens with zero attached hydrogens (tertiary/aromatic N) is 1. The third-order valence-electron chi connectivity index (χ3n) is 7.90. The summed E-state index contributed by atoms with van der Waals surface area (Å²) in [6, 6.07) is 25.4. The topological polar surface area (TPSA) is 42.0 Å². The van der Waals surface area contributed by atoms with Crippen LogP contribution in [0.25, 0.3) is 22.0 Å². The molecule has 1 aliphatic rings. The predicted molar refractivity (Wildman–Crippen MR) is 154 cm³/mol. The second-order valence-electron chi connectivity index (χ2n) is 10.6. The molecule has 0 spiro atoms. The molecule has 1 fully saturated rings. The summed E-state index contributed by atoms with van der Waals surface area (Å²) in [7, 11) is 0. The van der Waals surface area contributed by atoms with Crippen LogP contribution < -0.4 is 5.32 Å². The molecule has 1 aliphatic carbocycles. The van der Waals surface area contributed by atoms with Crippen LogP contribution in [0, 0.1) is 12.8 Å². The summed E-state index contributed by atoms with van der Waals surface area (Å²) in [6.45, 7) is 2.79. The largest absolute Gasteiger partial charge is 0.352 e. The zero-order valence-electron chi connectivity index (χ0n) is 22.0. The van der Waals surface area contributed by atoms with E-state index in [1.165, 1.54) is 49.7 Å². The number of carbonyl (C=O) groups is 1. The number of nitrogens with one attached hydrogen (secondary N) is 1. The lowest BCUT2D eigenvalue weighted by Gasteiger charge is -2.22. The fourth-order valence-electron chi connectivity index (χ4n) is 5.80. The van der Waals surface area contributed by atoms with E-state index in [1.807, 2.05) is 18.3 Å². The van der Waals surface area contributed by atoms with E-state index in [0.717, 1.165) is 58.3 Å². The standard InChI is InChI=1S/C34H38N2O/c1-25-22-31(23-30-15-9-20-35-33(25)30)29-19-18-28(17-16-27-12-6-3-7-13-27)32(24-29)34(37)36-21-8-14-26-10-4-2-5-11-26/h2,4-5,9-11,15,18-20,22-24,27H,3,6-8,12-14,16-17,21H2,1H3,(H,36,37). The van der Waals surface area contributed by atoms with E-state index >= 15 is 0 Å². The Labute approximate surface area is 221 Å². The summed E-state index contributed by atoms with van der Waals surface area (Å²) < 4.78 is 0. The minimum atomic E-state index is 0.0488. The number of pyridine rings is 1. The van der Waals surface area contributed by atoms with Crippen LogP contribution >= 0.6 is 0 Å². The van der Waals surface area contributed by atoms with Gasteiger partial charge < -0.3 is 5.32 Å². The van der Waals surface area contributed by atoms with Crippen LogP contribution in [0.15, 0.2) is 79.0 Å². The normalized spacial score (nSPS) is 14.1. The number of rotatable bonds is 9. The number of fused-ring (bicyclic) bond motifs is 1. The third-order valence-corrected chi connectivity index (χ3v) is 7.90. The van der Waals surface area contributed by atoms with Gasteiger partial charge in [-0.1, -0.05) is 80.6 Å². The molecular weight excluding hydrogens is 452 g/mol. The highest BCUT2D eigenvalue weighted by molar-refractivity contribution is 5.97. The van der Waals surface area contributed by atoms with Gasteiger partial charge in [-0.25, -0.2) is 0 Å². The average molecular weight is 491 g/mol. The predicted octanol–water partition coefficient (Wildman–Crippen LogP) is 8.09. The molecule has 3 nitrogen and oxygen atoms in total. The van der Waals surface area contributed by atoms with Gasteiger partial charge in [0.1, 0.15) is 0 Å². The second kappa shape index (κ2) is 12.2. The Bertz CT molecular complexity index is 1340. The molecule has 1 N–H and O–H groups in total. The summed E-state index contributed by atoms with van der Waals surface area (Å²) in [5.41, 5.74) is 7.73. The quantitative estimate of drug-likeness (QED) is 0.241. The van der Waals surface area contributed by atoms with Gasteiger partial charge in [-0.05, 0) is 90.6 Å². The van der Waals surface area contributed by atoms with E-state index < -0.39 is 0 Å². The van der Waals surface area contributed by atoms with Crippen molar-refractivity contribution in [3.8, 4) is 11.1 Å². The van der Waals surface area contributed by atoms with E-state index in [-0.39, 0.29) is 5.91 Å². The maximum absolute atomic E-state index is 13.5. The molecule has 37 heavy (non-hydrogen) atoms. The van der Waals surface area contributed by atoms with Gasteiger partial charge in [0.2, 0.25) is 0 Å². The smallest absolute Gasteiger partial charge is 0.251 e. The number of benzene rings is 3. The van der Waals surface area contributed by atoms with Gasteiger partial charge >= 0.3 is 0 Å². The molecule has 190 valence electrons. The molecule has 1 amide bonds. The Hall–Kier alpha value is -3.46. The maximum Gasteiger partial charge on any atom is 0.251 e. The lowest BCUT2D eigenvalue weighted by molar-refractivity contribution is 0.0952. The van der Waals surface area contributed by atoms with Gasteiger partial charge in [0.25, 0.3) is 5.91 Å². The van der Waals surface area contributed by atoms with E-state index in [9.17, 15) is 4.79 Å². The molecule has 1 heterocycles. The minimum Gasteiger partial charge on any atom is -0.352 e. The Kier molecular flexibility index (Phi) is 8.30. The molecule has 0 radical (unpaired) electrons. The average Bonchev–Trinajstić information content (AvgIpc) is 2.95. The number of aromatic nitrogens is 1. The van der Waals surface area contributed by atoms with E-state index in [2.05, 4.69) is 77.9 Å². The summed E-state index contributed by atoms with van der Waals surface area (Å²) in [5.74, 6) is 0.846. The monoisotopic (exact) mass is 490 g/mol. The zero-order chi connectivity index (χ0) is 25.5. The second-order valence-corrected chi connectivity index (χ2v) is 10.6. The fraction of sp³-hybridized carbons (Fsp3) is 0.353. The molecule has 0 atom stereocenters. The van der Waals surface area contributed by atoms with Crippen molar-refractivity contribution in [2.75, 3.05) is 6.54 Å². The highest BCUT2D eigenvalue weighted by Gasteiger charge is 2.17. The van der Waals surface area contributed by atoms with Gasteiger partial charge in [0, 0.05) is 23.7 Å². The Morgan fingerprint density at radius 2 is 1.73 bits per heavy atom. The molecule has 4 aromatic rings. The van der Waals surface area contributed by atoms with Crippen molar-refractivity contribution in [3.05, 3.63) is 101 Å². The number of aryl methyl sites for hydroxylation is 3. The summed E-state index contributed by atoms with van der Waals surface area (Å²) in [5, 5.41) is 4.35. The molecule has 0 bridgehead atoms. The molecule has 0 saturated heterocycles. The van der Waals surface area contributed by atoms with Gasteiger partial charge in [-0.3, -0.25) is 9.78 Å². The first-order chi connectivity index (χ1) is 18.2. The first-order valence-electron chi connectivity index (χ1n) is 14.0. The van der Waals surface area contributed by atoms with Gasteiger partial charge in [0.15, 0.2) is 0 Å². The van der Waals surface area contributed by atoms with Crippen molar-refractivity contribution in [1.29, 1.82) is 0 Å². The van der Waals surface area contributed by atoms with Gasteiger partial charge in [0.05, 0.1) is 5.52 Å². The zero-order valence-corrected chi connectivity index (χ0v) is 22.0. The van der Waals surface area contributed by atoms with Crippen LogP contribution in [0.4, 0.5) is 0 Å². The van der Waals surface area contributed by atoms with Crippen molar-refractivity contribution in [2.24, 2.45) is 5.92 Å². The van der Waals surface area contributed by atoms with Crippen molar-refractivity contribution in [2.45, 2.75) is 64.7 Å². The van der Waals surface area contributed by atoms with Gasteiger partial charge in [-0.2, -0.15) is 0 Å². The molecule has 0 unspecified atom stereocenters. The highest BCUT2D eigenvalue weighted by atomic mass is 16.1. The molecule has 1 saturated carbocycles. The molecule has 3 aromatic carbocycles. The van der Waals surface area contributed by atoms with Crippen LogP contribution in [0.5, 0.6) is 0 Å². The maximum atomic E-state index is 13.5. The SMILES string of the molecule is Cc1cc(-c2ccc(CCC3CCCCC3)c(C(=O)NCCCc3ccccc3)c2)cc2cccnc12. The molecule has 1 aromatic heterocycles. The minimum absolute atomic E-state index is 0.0488. The van der Waals surface area contributed by atoms with Crippen molar-refractivity contribution >= 4 is 16.8 Å². The Morgan fingerprint density at radius 1 is 0.892 bits per heavy atom. The van der Waals surface area contributed by atoms with Crippen molar-refractivity contribution in [3.63, 3.8) is 0 Å². The Balaban J connectivity index is 1.36. The van der Waals surface area contributed by atoms with Crippen LogP contribution in [0.1, 0.15) is 72.0 Å². The number of amides is 1. The first-order valence-corrected chi connectivity index (χ1v) is 14.0. The molecular formula is C34H38N2O. The highest BCUT2D eigenvalue weighted by Crippen LogP contribution is 2.31. The lowest BCUT2D eigenvalue weighted by atomic mass is 9.84. The lowest BCUT2D eigenvalue weighted by Crippen LogP contribution is -2.26. The van der Waals surface area contributed by atoms with E-state index in [0.29, 0.717) is 6.54 Å². The summed E-state index contributed by atoms with van der Waals surface area (Å²) in [4.78, 5) is 18.0. The fourth-order valence-corrected chi connectivity index (χ4v) is 5.80. The van der Waals surface area contributed by atoms with E-state index in [1.54, 1.807) is 0 Å². The summed E-state index contributed by atoms with van der Waals surface area (Å²) >= 11 is 0. The van der Waals surface area contributed by atoms with Crippen LogP contribution in [-0.2, 0) is 12.8 Å². The molecule has 3 heteroatoms. The number of carbonyl (C=O) groups excluding carboxylic acids is 1.